The van der Waals surface area contributed by atoms with Crippen LogP contribution in [-0.4, -0.2) is 24.3 Å². The van der Waals surface area contributed by atoms with Crippen LogP contribution in [0.15, 0.2) is 0 Å². The summed E-state index contributed by atoms with van der Waals surface area (Å²) in [6, 6.07) is 0.663. The highest BCUT2D eigenvalue weighted by molar-refractivity contribution is 4.80. The minimum Gasteiger partial charge on any atom is -0.396 e. The van der Waals surface area contributed by atoms with Gasteiger partial charge in [-0.05, 0) is 43.9 Å². The van der Waals surface area contributed by atoms with Crippen molar-refractivity contribution in [2.24, 2.45) is 11.3 Å². The van der Waals surface area contributed by atoms with E-state index < -0.39 is 0 Å². The SMILES string of the molecule is CC(NCC(C)(C)CCCO)C1CCCC1. The van der Waals surface area contributed by atoms with Crippen LogP contribution in [0.1, 0.15) is 59.3 Å². The van der Waals surface area contributed by atoms with E-state index in [1.807, 2.05) is 0 Å². The van der Waals surface area contributed by atoms with Crippen LogP contribution in [-0.2, 0) is 0 Å². The minimum absolute atomic E-state index is 0.315. The summed E-state index contributed by atoms with van der Waals surface area (Å²) < 4.78 is 0. The molecule has 1 atom stereocenters. The zero-order valence-electron chi connectivity index (χ0n) is 11.3. The Bertz CT molecular complexity index is 185. The molecule has 0 aliphatic heterocycles. The van der Waals surface area contributed by atoms with Crippen LogP contribution in [0.5, 0.6) is 0 Å². The normalized spacial score (nSPS) is 20.2. The third kappa shape index (κ3) is 4.84. The smallest absolute Gasteiger partial charge is 0.0431 e. The molecule has 0 aromatic heterocycles. The average molecular weight is 227 g/mol. The largest absolute Gasteiger partial charge is 0.396 e. The van der Waals surface area contributed by atoms with E-state index in [1.165, 1.54) is 25.7 Å². The molecule has 2 heteroatoms. The maximum Gasteiger partial charge on any atom is 0.0431 e. The van der Waals surface area contributed by atoms with Crippen molar-refractivity contribution in [3.8, 4) is 0 Å². The van der Waals surface area contributed by atoms with Crippen molar-refractivity contribution in [2.75, 3.05) is 13.2 Å². The van der Waals surface area contributed by atoms with Crippen LogP contribution in [0.2, 0.25) is 0 Å². The summed E-state index contributed by atoms with van der Waals surface area (Å²) in [5, 5.41) is 12.6. The van der Waals surface area contributed by atoms with Gasteiger partial charge in [0.15, 0.2) is 0 Å². The zero-order chi connectivity index (χ0) is 12.0. The Labute approximate surface area is 101 Å². The average Bonchev–Trinajstić information content (AvgIpc) is 2.77. The van der Waals surface area contributed by atoms with Crippen molar-refractivity contribution in [3.05, 3.63) is 0 Å². The molecule has 16 heavy (non-hydrogen) atoms. The third-order valence-electron chi connectivity index (χ3n) is 4.02. The van der Waals surface area contributed by atoms with Gasteiger partial charge in [0.2, 0.25) is 0 Å². The van der Waals surface area contributed by atoms with Gasteiger partial charge >= 0.3 is 0 Å². The molecule has 1 saturated carbocycles. The van der Waals surface area contributed by atoms with E-state index >= 15 is 0 Å². The first kappa shape index (κ1) is 14.0. The summed E-state index contributed by atoms with van der Waals surface area (Å²) in [5.41, 5.74) is 0.315. The number of hydrogen-bond acceptors (Lipinski definition) is 2. The molecule has 0 bridgehead atoms. The van der Waals surface area contributed by atoms with Crippen molar-refractivity contribution in [2.45, 2.75) is 65.3 Å². The Morgan fingerprint density at radius 1 is 1.31 bits per heavy atom. The fourth-order valence-electron chi connectivity index (χ4n) is 2.71. The van der Waals surface area contributed by atoms with Gasteiger partial charge in [0, 0.05) is 19.2 Å². The van der Waals surface area contributed by atoms with Gasteiger partial charge < -0.3 is 10.4 Å². The second-order valence-electron chi connectivity index (χ2n) is 6.21. The first-order chi connectivity index (χ1) is 7.55. The summed E-state index contributed by atoms with van der Waals surface area (Å²) in [7, 11) is 0. The van der Waals surface area contributed by atoms with Gasteiger partial charge in [0.25, 0.3) is 0 Å². The lowest BCUT2D eigenvalue weighted by Gasteiger charge is -2.29. The predicted molar refractivity (Wildman–Crippen MR) is 69.5 cm³/mol. The van der Waals surface area contributed by atoms with E-state index in [0.29, 0.717) is 18.1 Å². The third-order valence-corrected chi connectivity index (χ3v) is 4.02. The number of hydrogen-bond donors (Lipinski definition) is 2. The van der Waals surface area contributed by atoms with Crippen LogP contribution in [0.4, 0.5) is 0 Å². The predicted octanol–water partition coefficient (Wildman–Crippen LogP) is 2.95. The van der Waals surface area contributed by atoms with Gasteiger partial charge in [-0.1, -0.05) is 26.7 Å². The van der Waals surface area contributed by atoms with E-state index in [2.05, 4.69) is 26.1 Å². The molecule has 2 nitrogen and oxygen atoms in total. The Balaban J connectivity index is 2.21. The highest BCUT2D eigenvalue weighted by atomic mass is 16.2. The van der Waals surface area contributed by atoms with Crippen molar-refractivity contribution in [1.29, 1.82) is 0 Å². The molecular weight excluding hydrogens is 198 g/mol. The molecule has 1 fully saturated rings. The fraction of sp³-hybridized carbons (Fsp3) is 1.00. The van der Waals surface area contributed by atoms with Crippen molar-refractivity contribution >= 4 is 0 Å². The Hall–Kier alpha value is -0.0800. The molecule has 96 valence electrons. The lowest BCUT2D eigenvalue weighted by Crippen LogP contribution is -2.39. The van der Waals surface area contributed by atoms with Crippen molar-refractivity contribution in [1.82, 2.24) is 5.32 Å². The maximum absolute atomic E-state index is 8.86. The summed E-state index contributed by atoms with van der Waals surface area (Å²) in [6.45, 7) is 8.30. The second-order valence-corrected chi connectivity index (χ2v) is 6.21. The summed E-state index contributed by atoms with van der Waals surface area (Å²) in [6.07, 6.45) is 7.69. The fourth-order valence-corrected chi connectivity index (χ4v) is 2.71. The summed E-state index contributed by atoms with van der Waals surface area (Å²) >= 11 is 0. The van der Waals surface area contributed by atoms with E-state index in [-0.39, 0.29) is 0 Å². The monoisotopic (exact) mass is 227 g/mol. The van der Waals surface area contributed by atoms with Crippen LogP contribution >= 0.6 is 0 Å². The van der Waals surface area contributed by atoms with Crippen LogP contribution in [0, 0.1) is 11.3 Å². The van der Waals surface area contributed by atoms with Gasteiger partial charge in [0.1, 0.15) is 0 Å². The second kappa shape index (κ2) is 6.61. The van der Waals surface area contributed by atoms with Gasteiger partial charge in [-0.2, -0.15) is 0 Å². The van der Waals surface area contributed by atoms with E-state index in [9.17, 15) is 0 Å². The molecule has 1 rings (SSSR count). The minimum atomic E-state index is 0.315. The number of aliphatic hydroxyl groups excluding tert-OH is 1. The van der Waals surface area contributed by atoms with Crippen LogP contribution in [0.3, 0.4) is 0 Å². The van der Waals surface area contributed by atoms with Gasteiger partial charge in [-0.15, -0.1) is 0 Å². The van der Waals surface area contributed by atoms with E-state index in [1.54, 1.807) is 0 Å². The molecule has 0 aromatic carbocycles. The van der Waals surface area contributed by atoms with Gasteiger partial charge in [-0.3, -0.25) is 0 Å². The molecule has 0 radical (unpaired) electrons. The summed E-state index contributed by atoms with van der Waals surface area (Å²) in [4.78, 5) is 0. The standard InChI is InChI=1S/C14H29NO/c1-12(13-7-4-5-8-13)15-11-14(2,3)9-6-10-16/h12-13,15-16H,4-11H2,1-3H3. The molecule has 1 aliphatic rings. The van der Waals surface area contributed by atoms with Crippen LogP contribution < -0.4 is 5.32 Å². The van der Waals surface area contributed by atoms with Crippen molar-refractivity contribution < 1.29 is 5.11 Å². The topological polar surface area (TPSA) is 32.3 Å². The lowest BCUT2D eigenvalue weighted by molar-refractivity contribution is 0.225. The molecule has 0 heterocycles. The molecule has 2 N–H and O–H groups in total. The van der Waals surface area contributed by atoms with E-state index in [4.69, 9.17) is 5.11 Å². The Morgan fingerprint density at radius 2 is 1.94 bits per heavy atom. The highest BCUT2D eigenvalue weighted by Crippen LogP contribution is 2.28. The highest BCUT2D eigenvalue weighted by Gasteiger charge is 2.23. The lowest BCUT2D eigenvalue weighted by atomic mass is 9.87. The summed E-state index contributed by atoms with van der Waals surface area (Å²) in [5.74, 6) is 0.897. The molecular formula is C14H29NO. The number of aliphatic hydroxyl groups is 1. The first-order valence-electron chi connectivity index (χ1n) is 6.89. The number of nitrogens with one attached hydrogen (secondary N) is 1. The Kier molecular flexibility index (Phi) is 5.77. The maximum atomic E-state index is 8.86. The molecule has 0 amide bonds. The molecule has 0 saturated heterocycles. The zero-order valence-corrected chi connectivity index (χ0v) is 11.3. The molecule has 1 aliphatic carbocycles. The van der Waals surface area contributed by atoms with Gasteiger partial charge in [0.05, 0.1) is 0 Å². The quantitative estimate of drug-likeness (QED) is 0.701. The molecule has 1 unspecified atom stereocenters. The molecule has 0 aromatic rings. The van der Waals surface area contributed by atoms with Crippen molar-refractivity contribution in [3.63, 3.8) is 0 Å². The van der Waals surface area contributed by atoms with Gasteiger partial charge in [-0.25, -0.2) is 0 Å². The van der Waals surface area contributed by atoms with Crippen LogP contribution in [0.25, 0.3) is 0 Å². The molecule has 0 spiro atoms. The van der Waals surface area contributed by atoms with E-state index in [0.717, 1.165) is 25.3 Å². The Morgan fingerprint density at radius 3 is 2.50 bits per heavy atom. The first-order valence-corrected chi connectivity index (χ1v) is 6.89. The number of rotatable bonds is 7.